The number of ether oxygens (including phenoxy) is 4. The average molecular weight is 1370 g/mol. The molecular weight excluding hydrogens is 1260 g/mol. The Hall–Kier alpha value is -7.40. The molecule has 16 rings (SSSR count). The summed E-state index contributed by atoms with van der Waals surface area (Å²) in [6.45, 7) is 19.1. The first kappa shape index (κ1) is 71.0. The Morgan fingerprint density at radius 3 is 0.780 bits per heavy atom. The second-order valence-electron chi connectivity index (χ2n) is 29.8. The molecule has 8 heterocycles. The van der Waals surface area contributed by atoms with Crippen LogP contribution in [0.15, 0.2) is 97.6 Å². The maximum atomic E-state index is 11.5. The highest BCUT2D eigenvalue weighted by molar-refractivity contribution is 5.91. The molecular formula is C80H108N12O8. The average Bonchev–Trinajstić information content (AvgIpc) is 1.49. The number of piperidine rings is 4. The van der Waals surface area contributed by atoms with Crippen LogP contribution in [0.3, 0.4) is 0 Å². The largest absolute Gasteiger partial charge is 0.464 e. The van der Waals surface area contributed by atoms with Gasteiger partial charge in [0.2, 0.25) is 0 Å². The molecule has 4 aliphatic carbocycles. The Kier molecular flexibility index (Phi) is 22.9. The van der Waals surface area contributed by atoms with Crippen LogP contribution in [0.2, 0.25) is 0 Å². The van der Waals surface area contributed by atoms with Crippen molar-refractivity contribution in [3.05, 3.63) is 142 Å². The van der Waals surface area contributed by atoms with Gasteiger partial charge in [-0.25, -0.2) is 0 Å². The first-order valence-corrected chi connectivity index (χ1v) is 37.6. The van der Waals surface area contributed by atoms with E-state index >= 15 is 0 Å². The van der Waals surface area contributed by atoms with E-state index < -0.39 is 0 Å². The van der Waals surface area contributed by atoms with Gasteiger partial charge in [0.1, 0.15) is 0 Å². The Labute approximate surface area is 588 Å². The molecule has 4 aromatic heterocycles. The third-order valence-electron chi connectivity index (χ3n) is 23.3. The smallest absolute Gasteiger partial charge is 0.319 e. The maximum absolute atomic E-state index is 11.5. The number of esters is 4. The van der Waals surface area contributed by atoms with Gasteiger partial charge in [-0.05, 0) is 172 Å². The van der Waals surface area contributed by atoms with Crippen LogP contribution in [0.5, 0.6) is 0 Å². The van der Waals surface area contributed by atoms with E-state index in [2.05, 4.69) is 165 Å². The topological polar surface area (TPSA) is 285 Å². The number of H-pyrrole nitrogens is 4. The number of aromatic amines is 4. The van der Waals surface area contributed by atoms with Crippen LogP contribution in [0.25, 0.3) is 43.6 Å². The molecule has 0 unspecified atom stereocenters. The van der Waals surface area contributed by atoms with E-state index in [9.17, 15) is 19.2 Å². The van der Waals surface area contributed by atoms with Gasteiger partial charge in [-0.2, -0.15) is 0 Å². The highest BCUT2D eigenvalue weighted by Crippen LogP contribution is 2.49. The number of hydrogen-bond donors (Lipinski definition) is 8. The van der Waals surface area contributed by atoms with Crippen LogP contribution < -0.4 is 22.9 Å². The first-order chi connectivity index (χ1) is 48.8. The number of aromatic nitrogens is 4. The van der Waals surface area contributed by atoms with Crippen molar-refractivity contribution in [2.75, 3.05) is 105 Å². The third-order valence-corrected chi connectivity index (χ3v) is 23.3. The number of nitrogens with two attached hydrogens (primary N) is 4. The molecule has 12 N–H and O–H groups in total. The van der Waals surface area contributed by atoms with Crippen molar-refractivity contribution in [3.63, 3.8) is 0 Å². The van der Waals surface area contributed by atoms with Gasteiger partial charge in [0.05, 0.1) is 52.6 Å². The fourth-order valence-electron chi connectivity index (χ4n) is 19.3. The van der Waals surface area contributed by atoms with Gasteiger partial charge < -0.3 is 61.8 Å². The summed E-state index contributed by atoms with van der Waals surface area (Å²) >= 11 is 0. The molecule has 4 aromatic carbocycles. The van der Waals surface area contributed by atoms with E-state index in [1.807, 2.05) is 0 Å². The maximum Gasteiger partial charge on any atom is 0.319 e. The van der Waals surface area contributed by atoms with E-state index in [0.29, 0.717) is 97.9 Å². The summed E-state index contributed by atoms with van der Waals surface area (Å²) in [5, 5.41) is 5.67. The lowest BCUT2D eigenvalue weighted by molar-refractivity contribution is -0.145. The number of benzene rings is 4. The number of likely N-dealkylation sites (tertiary alicyclic amines) is 4. The lowest BCUT2D eigenvalue weighted by Crippen LogP contribution is -2.51. The van der Waals surface area contributed by atoms with E-state index in [1.54, 1.807) is 0 Å². The number of nitrogens with one attached hydrogen (secondary N) is 4. The first-order valence-electron chi connectivity index (χ1n) is 37.6. The monoisotopic (exact) mass is 1360 g/mol. The lowest BCUT2D eigenvalue weighted by atomic mass is 9.72. The van der Waals surface area contributed by atoms with E-state index in [1.165, 1.54) is 88.1 Å². The number of carbonyl (C=O) groups excluding carboxylic acids is 4. The van der Waals surface area contributed by atoms with E-state index in [-0.39, 0.29) is 50.1 Å². The van der Waals surface area contributed by atoms with Gasteiger partial charge in [0.15, 0.2) is 0 Å². The van der Waals surface area contributed by atoms with Crippen LogP contribution in [-0.2, 0) is 63.8 Å². The molecule has 0 radical (unpaired) electrons. The highest BCUT2D eigenvalue weighted by atomic mass is 16.5. The molecule has 0 saturated carbocycles. The SMILES string of the molecule is CCCN1C[C@H](COC(=O)CN)C[C@@H]2c3cccc4[nH]cc(c34)C[C@H]21.CCCN1C[C@H](COC(=O)CN)C[C@@H]2c3cccc4[nH]cc(c34)C[C@H]21.CCCN1C[C@H](COC(=O)CN)C[C@@H]2c3cccc4[nH]cc(c34)C[C@H]21.CCCN1C[C@H](COC(=O)CN)C[C@@H]2c3cccc4[nH]cc(c34)C[C@H]21. The zero-order valence-corrected chi connectivity index (χ0v) is 59.3. The Bertz CT molecular complexity index is 3600. The molecule has 0 spiro atoms. The van der Waals surface area contributed by atoms with E-state index in [0.717, 1.165) is 129 Å². The van der Waals surface area contributed by atoms with Crippen molar-refractivity contribution in [2.24, 2.45) is 46.6 Å². The second kappa shape index (κ2) is 32.3. The van der Waals surface area contributed by atoms with Crippen molar-refractivity contribution in [1.82, 2.24) is 39.5 Å². The van der Waals surface area contributed by atoms with Gasteiger partial charge in [0.25, 0.3) is 0 Å². The summed E-state index contributed by atoms with van der Waals surface area (Å²) < 4.78 is 21.5. The quantitative estimate of drug-likeness (QED) is 0.0260. The number of fused-ring (bicyclic) bond motifs is 8. The highest BCUT2D eigenvalue weighted by Gasteiger charge is 2.45. The van der Waals surface area contributed by atoms with Gasteiger partial charge >= 0.3 is 23.9 Å². The summed E-state index contributed by atoms with van der Waals surface area (Å²) in [5.41, 5.74) is 38.1. The van der Waals surface area contributed by atoms with Crippen molar-refractivity contribution < 1.29 is 38.1 Å². The molecule has 4 fully saturated rings. The van der Waals surface area contributed by atoms with Crippen molar-refractivity contribution >= 4 is 67.5 Å². The molecule has 536 valence electrons. The fraction of sp³-hybridized carbons (Fsp3) is 0.550. The molecule has 4 aliphatic heterocycles. The number of hydrogen-bond acceptors (Lipinski definition) is 16. The molecule has 8 aliphatic rings. The van der Waals surface area contributed by atoms with Crippen molar-refractivity contribution in [2.45, 2.75) is 153 Å². The predicted octanol–water partition coefficient (Wildman–Crippen LogP) is 9.64. The van der Waals surface area contributed by atoms with Crippen molar-refractivity contribution in [1.29, 1.82) is 0 Å². The number of nitrogens with zero attached hydrogens (tertiary/aromatic N) is 4. The minimum Gasteiger partial charge on any atom is -0.464 e. The summed E-state index contributed by atoms with van der Waals surface area (Å²) in [7, 11) is 0. The Morgan fingerprint density at radius 2 is 0.580 bits per heavy atom. The molecule has 20 nitrogen and oxygen atoms in total. The van der Waals surface area contributed by atoms with Crippen LogP contribution >= 0.6 is 0 Å². The van der Waals surface area contributed by atoms with Crippen LogP contribution in [0.4, 0.5) is 0 Å². The predicted molar refractivity (Wildman–Crippen MR) is 394 cm³/mol. The Balaban J connectivity index is 0.000000119. The van der Waals surface area contributed by atoms with Gasteiger partial charge in [0, 0.05) is 166 Å². The Morgan fingerprint density at radius 1 is 0.360 bits per heavy atom. The molecule has 12 atom stereocenters. The summed E-state index contributed by atoms with van der Waals surface area (Å²) in [6, 6.07) is 28.6. The van der Waals surface area contributed by atoms with E-state index in [4.69, 9.17) is 41.9 Å². The van der Waals surface area contributed by atoms with Crippen molar-refractivity contribution in [3.8, 4) is 0 Å². The molecule has 100 heavy (non-hydrogen) atoms. The summed E-state index contributed by atoms with van der Waals surface area (Å²) in [4.78, 5) is 70.0. The number of rotatable bonds is 20. The van der Waals surface area contributed by atoms with Gasteiger partial charge in [-0.1, -0.05) is 76.2 Å². The molecule has 20 heteroatoms. The fourth-order valence-corrected chi connectivity index (χ4v) is 19.3. The van der Waals surface area contributed by atoms with Gasteiger partial charge in [-0.3, -0.25) is 38.8 Å². The van der Waals surface area contributed by atoms with Crippen LogP contribution in [-0.4, -0.2) is 193 Å². The summed E-state index contributed by atoms with van der Waals surface area (Å²) in [5.74, 6) is 2.32. The van der Waals surface area contributed by atoms with Gasteiger partial charge in [-0.15, -0.1) is 0 Å². The standard InChI is InChI=1S/4C20H27N3O2/c4*1-2-6-23-11-13(12-25-19(24)9-21)7-16-15-4-3-5-17-20(15)14(10-22-17)8-18(16)23/h4*3-5,10,13,16,18,22H,2,6-9,11-12,21H2,1H3/t4*13-,16-,18-/m1111/s1. The minimum absolute atomic E-state index is 0.0382. The molecule has 4 saturated heterocycles. The lowest BCUT2D eigenvalue weighted by Gasteiger charge is -2.47. The molecule has 8 aromatic rings. The van der Waals surface area contributed by atoms with Crippen LogP contribution in [0.1, 0.15) is 147 Å². The van der Waals surface area contributed by atoms with Crippen LogP contribution in [0, 0.1) is 23.7 Å². The normalized spacial score (nSPS) is 25.8. The molecule has 0 bridgehead atoms. The zero-order valence-electron chi connectivity index (χ0n) is 59.3. The zero-order chi connectivity index (χ0) is 69.6. The second-order valence-corrected chi connectivity index (χ2v) is 29.8. The summed E-state index contributed by atoms with van der Waals surface area (Å²) in [6.07, 6.45) is 22.0. The third kappa shape index (κ3) is 14.9. The number of carbonyl (C=O) groups is 4. The minimum atomic E-state index is -0.303. The molecule has 0 amide bonds.